The monoisotopic (exact) mass is 289 g/mol. The number of nitrogens with one attached hydrogen (secondary N) is 1. The van der Waals surface area contributed by atoms with Gasteiger partial charge in [-0.15, -0.1) is 11.3 Å². The lowest BCUT2D eigenvalue weighted by Crippen LogP contribution is -2.42. The van der Waals surface area contributed by atoms with Crippen LogP contribution in [0, 0.1) is 0 Å². The van der Waals surface area contributed by atoms with Gasteiger partial charge in [-0.05, 0) is 17.7 Å². The number of rotatable bonds is 2. The first-order valence-corrected chi connectivity index (χ1v) is 8.17. The van der Waals surface area contributed by atoms with Crippen molar-refractivity contribution in [3.63, 3.8) is 0 Å². The van der Waals surface area contributed by atoms with E-state index in [1.165, 1.54) is 15.3 Å². The number of thiazole rings is 1. The van der Waals surface area contributed by atoms with Crippen LogP contribution in [0.1, 0.15) is 31.3 Å². The van der Waals surface area contributed by atoms with Gasteiger partial charge in [-0.2, -0.15) is 0 Å². The fourth-order valence-corrected chi connectivity index (χ4v) is 3.60. The maximum atomic E-state index is 4.77. The molecule has 2 heterocycles. The average Bonchev–Trinajstić information content (AvgIpc) is 2.83. The molecule has 1 aliphatic rings. The predicted molar refractivity (Wildman–Crippen MR) is 86.5 cm³/mol. The normalized spacial score (nSPS) is 17.8. The summed E-state index contributed by atoms with van der Waals surface area (Å²) in [5.74, 6) is 0. The Kier molecular flexibility index (Phi) is 3.80. The molecule has 0 bridgehead atoms. The van der Waals surface area contributed by atoms with E-state index in [0.717, 1.165) is 38.2 Å². The molecule has 1 aliphatic heterocycles. The topological polar surface area (TPSA) is 28.2 Å². The minimum absolute atomic E-state index is 0.141. The van der Waals surface area contributed by atoms with Crippen molar-refractivity contribution in [2.24, 2.45) is 0 Å². The SMILES string of the molecule is CC(C)(C)c1nc2ccc(CN3CCNCC3)cc2s1. The first-order valence-electron chi connectivity index (χ1n) is 7.35. The van der Waals surface area contributed by atoms with Gasteiger partial charge in [-0.1, -0.05) is 26.8 Å². The fraction of sp³-hybridized carbons (Fsp3) is 0.562. The second kappa shape index (κ2) is 5.43. The molecule has 3 rings (SSSR count). The Balaban J connectivity index is 1.82. The lowest BCUT2D eigenvalue weighted by Gasteiger charge is -2.27. The van der Waals surface area contributed by atoms with Gasteiger partial charge in [0.25, 0.3) is 0 Å². The summed E-state index contributed by atoms with van der Waals surface area (Å²) < 4.78 is 1.32. The first-order chi connectivity index (χ1) is 9.52. The third-order valence-electron chi connectivity index (χ3n) is 3.71. The maximum Gasteiger partial charge on any atom is 0.0992 e. The Morgan fingerprint density at radius 3 is 2.70 bits per heavy atom. The second-order valence-electron chi connectivity index (χ2n) is 6.60. The zero-order valence-corrected chi connectivity index (χ0v) is 13.4. The van der Waals surface area contributed by atoms with Crippen LogP contribution in [0.25, 0.3) is 10.2 Å². The molecular formula is C16H23N3S. The summed E-state index contributed by atoms with van der Waals surface area (Å²) in [5.41, 5.74) is 2.69. The first kappa shape index (κ1) is 14.0. The molecule has 0 radical (unpaired) electrons. The summed E-state index contributed by atoms with van der Waals surface area (Å²) in [4.78, 5) is 7.28. The highest BCUT2D eigenvalue weighted by Crippen LogP contribution is 2.31. The van der Waals surface area contributed by atoms with Crippen LogP contribution in [-0.4, -0.2) is 36.1 Å². The molecule has 1 saturated heterocycles. The maximum absolute atomic E-state index is 4.77. The van der Waals surface area contributed by atoms with Crippen molar-refractivity contribution in [3.05, 3.63) is 28.8 Å². The molecule has 0 aliphatic carbocycles. The van der Waals surface area contributed by atoms with Gasteiger partial charge in [0.2, 0.25) is 0 Å². The molecular weight excluding hydrogens is 266 g/mol. The molecule has 1 aromatic carbocycles. The molecule has 4 heteroatoms. The summed E-state index contributed by atoms with van der Waals surface area (Å²) in [7, 11) is 0. The number of benzene rings is 1. The van der Waals surface area contributed by atoms with Crippen LogP contribution in [0.4, 0.5) is 0 Å². The Morgan fingerprint density at radius 2 is 2.00 bits per heavy atom. The van der Waals surface area contributed by atoms with E-state index in [-0.39, 0.29) is 5.41 Å². The molecule has 1 aromatic heterocycles. The molecule has 0 atom stereocenters. The van der Waals surface area contributed by atoms with Crippen LogP contribution < -0.4 is 5.32 Å². The smallest absolute Gasteiger partial charge is 0.0992 e. The van der Waals surface area contributed by atoms with E-state index in [1.807, 2.05) is 11.3 Å². The Morgan fingerprint density at radius 1 is 1.25 bits per heavy atom. The number of aromatic nitrogens is 1. The largest absolute Gasteiger partial charge is 0.314 e. The summed E-state index contributed by atoms with van der Waals surface area (Å²) in [5, 5.41) is 4.63. The summed E-state index contributed by atoms with van der Waals surface area (Å²) in [6.45, 7) is 12.3. The van der Waals surface area contributed by atoms with Crippen LogP contribution in [-0.2, 0) is 12.0 Å². The van der Waals surface area contributed by atoms with Crippen molar-refractivity contribution in [1.82, 2.24) is 15.2 Å². The van der Waals surface area contributed by atoms with E-state index in [0.29, 0.717) is 0 Å². The van der Waals surface area contributed by atoms with Crippen molar-refractivity contribution in [2.75, 3.05) is 26.2 Å². The number of fused-ring (bicyclic) bond motifs is 1. The molecule has 20 heavy (non-hydrogen) atoms. The Labute approximate surface area is 125 Å². The third-order valence-corrected chi connectivity index (χ3v) is 5.15. The zero-order valence-electron chi connectivity index (χ0n) is 12.6. The molecule has 0 spiro atoms. The van der Waals surface area contributed by atoms with Gasteiger partial charge in [-0.25, -0.2) is 4.98 Å². The van der Waals surface area contributed by atoms with Gasteiger partial charge in [0, 0.05) is 38.1 Å². The quantitative estimate of drug-likeness (QED) is 0.921. The fourth-order valence-electron chi connectivity index (χ4n) is 2.52. The van der Waals surface area contributed by atoms with Crippen molar-refractivity contribution in [3.8, 4) is 0 Å². The number of piperazine rings is 1. The average molecular weight is 289 g/mol. The zero-order chi connectivity index (χ0) is 14.2. The molecule has 1 fully saturated rings. The molecule has 1 N–H and O–H groups in total. The summed E-state index contributed by atoms with van der Waals surface area (Å²) >= 11 is 1.84. The molecule has 0 unspecified atom stereocenters. The van der Waals surface area contributed by atoms with E-state index in [9.17, 15) is 0 Å². The lowest BCUT2D eigenvalue weighted by molar-refractivity contribution is 0.233. The molecule has 3 nitrogen and oxygen atoms in total. The van der Waals surface area contributed by atoms with Crippen molar-refractivity contribution in [1.29, 1.82) is 0 Å². The van der Waals surface area contributed by atoms with Gasteiger partial charge >= 0.3 is 0 Å². The molecule has 108 valence electrons. The molecule has 2 aromatic rings. The molecule has 0 saturated carbocycles. The van der Waals surface area contributed by atoms with Crippen LogP contribution in [0.3, 0.4) is 0 Å². The van der Waals surface area contributed by atoms with Gasteiger partial charge in [0.1, 0.15) is 0 Å². The highest BCUT2D eigenvalue weighted by atomic mass is 32.1. The lowest BCUT2D eigenvalue weighted by atomic mass is 9.98. The minimum atomic E-state index is 0.141. The van der Waals surface area contributed by atoms with Gasteiger partial charge in [-0.3, -0.25) is 4.90 Å². The van der Waals surface area contributed by atoms with E-state index in [1.54, 1.807) is 0 Å². The standard InChI is InChI=1S/C16H23N3S/c1-16(2,3)15-18-13-5-4-12(10-14(13)20-15)11-19-8-6-17-7-9-19/h4-5,10,17H,6-9,11H2,1-3H3. The number of nitrogens with zero attached hydrogens (tertiary/aromatic N) is 2. The van der Waals surface area contributed by atoms with Crippen LogP contribution in [0.5, 0.6) is 0 Å². The van der Waals surface area contributed by atoms with Crippen molar-refractivity contribution in [2.45, 2.75) is 32.7 Å². The van der Waals surface area contributed by atoms with Crippen LogP contribution in [0.2, 0.25) is 0 Å². The Bertz CT molecular complexity index is 591. The van der Waals surface area contributed by atoms with E-state index in [4.69, 9.17) is 4.98 Å². The Hall–Kier alpha value is -0.970. The van der Waals surface area contributed by atoms with Crippen LogP contribution >= 0.6 is 11.3 Å². The highest BCUT2D eigenvalue weighted by Gasteiger charge is 2.19. The van der Waals surface area contributed by atoms with E-state index < -0.39 is 0 Å². The number of hydrogen-bond donors (Lipinski definition) is 1. The van der Waals surface area contributed by atoms with Gasteiger partial charge < -0.3 is 5.32 Å². The molecule has 0 amide bonds. The van der Waals surface area contributed by atoms with E-state index >= 15 is 0 Å². The van der Waals surface area contributed by atoms with Crippen LogP contribution in [0.15, 0.2) is 18.2 Å². The third kappa shape index (κ3) is 3.03. The van der Waals surface area contributed by atoms with Crippen molar-refractivity contribution >= 4 is 21.6 Å². The summed E-state index contributed by atoms with van der Waals surface area (Å²) in [6, 6.07) is 6.74. The second-order valence-corrected chi connectivity index (χ2v) is 7.63. The minimum Gasteiger partial charge on any atom is -0.314 e. The highest BCUT2D eigenvalue weighted by molar-refractivity contribution is 7.18. The van der Waals surface area contributed by atoms with Gasteiger partial charge in [0.15, 0.2) is 0 Å². The number of hydrogen-bond acceptors (Lipinski definition) is 4. The summed E-state index contributed by atoms with van der Waals surface area (Å²) in [6.07, 6.45) is 0. The van der Waals surface area contributed by atoms with Gasteiger partial charge in [0.05, 0.1) is 15.2 Å². The van der Waals surface area contributed by atoms with Crippen molar-refractivity contribution < 1.29 is 0 Å². The predicted octanol–water partition coefficient (Wildman–Crippen LogP) is 3.00. The van der Waals surface area contributed by atoms with E-state index in [2.05, 4.69) is 49.2 Å².